The number of amides is 1. The number of anilines is 1. The van der Waals surface area contributed by atoms with Gasteiger partial charge in [0.1, 0.15) is 13.2 Å². The van der Waals surface area contributed by atoms with Gasteiger partial charge in [-0.2, -0.15) is 0 Å². The van der Waals surface area contributed by atoms with Crippen molar-refractivity contribution in [2.75, 3.05) is 44.3 Å². The second-order valence-corrected chi connectivity index (χ2v) is 8.45. The van der Waals surface area contributed by atoms with E-state index in [1.165, 1.54) is 16.2 Å². The van der Waals surface area contributed by atoms with Gasteiger partial charge < -0.3 is 14.4 Å². The van der Waals surface area contributed by atoms with Crippen LogP contribution in [-0.2, 0) is 0 Å². The number of carbonyl (C=O) groups excluding carboxylic acids is 1. The van der Waals surface area contributed by atoms with Gasteiger partial charge in [0, 0.05) is 17.7 Å². The molecular formula is C23H28N3O3S+. The first-order valence-electron chi connectivity index (χ1n) is 10.5. The smallest absolute Gasteiger partial charge is 0.260 e. The molecule has 0 aliphatic carbocycles. The van der Waals surface area contributed by atoms with Gasteiger partial charge in [0.15, 0.2) is 16.6 Å². The summed E-state index contributed by atoms with van der Waals surface area (Å²) in [5, 5.41) is 0.715. The number of carbonyl (C=O) groups is 1. The van der Waals surface area contributed by atoms with E-state index in [4.69, 9.17) is 14.5 Å². The highest BCUT2D eigenvalue weighted by molar-refractivity contribution is 7.22. The first-order chi connectivity index (χ1) is 14.6. The summed E-state index contributed by atoms with van der Waals surface area (Å²) in [7, 11) is 0. The Morgan fingerprint density at radius 3 is 2.53 bits per heavy atom. The Kier molecular flexibility index (Phi) is 6.20. The summed E-state index contributed by atoms with van der Waals surface area (Å²) >= 11 is 1.52. The SMILES string of the molecule is CC[NH+](CC)CCN(C(=O)c1ccccc1C)c1nc2cc3c(cc2s1)OCCO3. The van der Waals surface area contributed by atoms with Crippen molar-refractivity contribution < 1.29 is 19.2 Å². The maximum Gasteiger partial charge on any atom is 0.260 e. The van der Waals surface area contributed by atoms with Gasteiger partial charge in [-0.1, -0.05) is 29.5 Å². The fourth-order valence-corrected chi connectivity index (χ4v) is 4.68. The van der Waals surface area contributed by atoms with E-state index in [-0.39, 0.29) is 5.91 Å². The highest BCUT2D eigenvalue weighted by Crippen LogP contribution is 2.39. The van der Waals surface area contributed by atoms with E-state index in [1.807, 2.05) is 48.2 Å². The lowest BCUT2D eigenvalue weighted by Crippen LogP contribution is -3.12. The van der Waals surface area contributed by atoms with Crippen LogP contribution >= 0.6 is 11.3 Å². The fraction of sp³-hybridized carbons (Fsp3) is 0.391. The predicted octanol–water partition coefficient (Wildman–Crippen LogP) is 2.95. The van der Waals surface area contributed by atoms with Gasteiger partial charge in [0.2, 0.25) is 0 Å². The largest absolute Gasteiger partial charge is 0.486 e. The molecule has 0 saturated heterocycles. The maximum absolute atomic E-state index is 13.5. The van der Waals surface area contributed by atoms with Gasteiger partial charge in [-0.25, -0.2) is 4.98 Å². The average molecular weight is 427 g/mol. The summed E-state index contributed by atoms with van der Waals surface area (Å²) < 4.78 is 12.4. The number of thiazole rings is 1. The van der Waals surface area contributed by atoms with Crippen LogP contribution in [0.5, 0.6) is 11.5 Å². The zero-order chi connectivity index (χ0) is 21.1. The Hall–Kier alpha value is -2.64. The summed E-state index contributed by atoms with van der Waals surface area (Å²) in [4.78, 5) is 21.6. The zero-order valence-electron chi connectivity index (χ0n) is 17.7. The molecule has 0 bridgehead atoms. The summed E-state index contributed by atoms with van der Waals surface area (Å²) in [6.45, 7) is 11.0. The van der Waals surface area contributed by atoms with Crippen LogP contribution in [0.2, 0.25) is 0 Å². The molecule has 0 atom stereocenters. The molecule has 1 aliphatic rings. The van der Waals surface area contributed by atoms with E-state index < -0.39 is 0 Å². The van der Waals surface area contributed by atoms with Crippen LogP contribution in [0.1, 0.15) is 29.8 Å². The van der Waals surface area contributed by atoms with Crippen molar-refractivity contribution in [1.82, 2.24) is 4.98 Å². The van der Waals surface area contributed by atoms with Crippen LogP contribution in [0.25, 0.3) is 10.2 Å². The average Bonchev–Trinajstić information content (AvgIpc) is 3.17. The van der Waals surface area contributed by atoms with Gasteiger partial charge in [0.05, 0.1) is 36.4 Å². The van der Waals surface area contributed by atoms with Crippen molar-refractivity contribution in [3.05, 3.63) is 47.5 Å². The van der Waals surface area contributed by atoms with Crippen LogP contribution in [-0.4, -0.2) is 50.3 Å². The van der Waals surface area contributed by atoms with Crippen LogP contribution in [0, 0.1) is 6.92 Å². The minimum Gasteiger partial charge on any atom is -0.486 e. The second-order valence-electron chi connectivity index (χ2n) is 7.44. The fourth-order valence-electron chi connectivity index (χ4n) is 3.68. The molecule has 0 radical (unpaired) electrons. The minimum atomic E-state index is -0.00373. The number of benzene rings is 2. The maximum atomic E-state index is 13.5. The Balaban J connectivity index is 1.71. The van der Waals surface area contributed by atoms with E-state index in [1.54, 1.807) is 0 Å². The Bertz CT molecular complexity index is 1000. The van der Waals surface area contributed by atoms with Gasteiger partial charge in [-0.05, 0) is 32.4 Å². The zero-order valence-corrected chi connectivity index (χ0v) is 18.6. The molecule has 1 aliphatic heterocycles. The van der Waals surface area contributed by atoms with E-state index in [0.717, 1.165) is 52.5 Å². The topological polar surface area (TPSA) is 56.1 Å². The van der Waals surface area contributed by atoms with Crippen LogP contribution in [0.15, 0.2) is 36.4 Å². The van der Waals surface area contributed by atoms with E-state index in [2.05, 4.69) is 13.8 Å². The summed E-state index contributed by atoms with van der Waals surface area (Å²) in [6.07, 6.45) is 0. The summed E-state index contributed by atoms with van der Waals surface area (Å²) in [5.74, 6) is 1.46. The molecule has 0 spiro atoms. The first-order valence-corrected chi connectivity index (χ1v) is 11.3. The molecule has 1 aromatic heterocycles. The van der Waals surface area contributed by atoms with Crippen LogP contribution in [0.3, 0.4) is 0 Å². The number of aromatic nitrogens is 1. The Morgan fingerprint density at radius 1 is 1.13 bits per heavy atom. The second kappa shape index (κ2) is 9.02. The lowest BCUT2D eigenvalue weighted by atomic mass is 10.1. The molecule has 1 N–H and O–H groups in total. The first kappa shape index (κ1) is 20.6. The number of quaternary nitrogens is 1. The molecule has 4 rings (SSSR count). The molecular weight excluding hydrogens is 398 g/mol. The van der Waals surface area contributed by atoms with E-state index in [0.29, 0.717) is 24.9 Å². The van der Waals surface area contributed by atoms with Gasteiger partial charge in [0.25, 0.3) is 5.91 Å². The molecule has 1 amide bonds. The number of likely N-dealkylation sites (N-methyl/N-ethyl adjacent to an activating group) is 1. The molecule has 3 aromatic rings. The third-order valence-corrected chi connectivity index (χ3v) is 6.62. The molecule has 0 fully saturated rings. The number of aryl methyl sites for hydroxylation is 1. The molecule has 2 heterocycles. The normalized spacial score (nSPS) is 13.1. The van der Waals surface area contributed by atoms with Gasteiger partial charge in [-0.15, -0.1) is 0 Å². The third-order valence-electron chi connectivity index (χ3n) is 5.58. The molecule has 6 nitrogen and oxygen atoms in total. The quantitative estimate of drug-likeness (QED) is 0.631. The van der Waals surface area contributed by atoms with Crippen molar-refractivity contribution in [2.24, 2.45) is 0 Å². The number of hydrogen-bond donors (Lipinski definition) is 1. The monoisotopic (exact) mass is 426 g/mol. The van der Waals surface area contributed by atoms with Gasteiger partial charge >= 0.3 is 0 Å². The predicted molar refractivity (Wildman–Crippen MR) is 120 cm³/mol. The molecule has 30 heavy (non-hydrogen) atoms. The van der Waals surface area contributed by atoms with E-state index in [9.17, 15) is 4.79 Å². The van der Waals surface area contributed by atoms with Gasteiger partial charge in [-0.3, -0.25) is 9.69 Å². The molecule has 158 valence electrons. The molecule has 0 saturated carbocycles. The van der Waals surface area contributed by atoms with Crippen molar-refractivity contribution in [1.29, 1.82) is 0 Å². The minimum absolute atomic E-state index is 0.00373. The number of hydrogen-bond acceptors (Lipinski definition) is 5. The van der Waals surface area contributed by atoms with Crippen LogP contribution < -0.4 is 19.3 Å². The number of rotatable bonds is 7. The molecule has 0 unspecified atom stereocenters. The van der Waals surface area contributed by atoms with E-state index >= 15 is 0 Å². The summed E-state index contributed by atoms with van der Waals surface area (Å²) in [6, 6.07) is 11.6. The number of fused-ring (bicyclic) bond motifs is 2. The lowest BCUT2D eigenvalue weighted by molar-refractivity contribution is -0.894. The highest BCUT2D eigenvalue weighted by Gasteiger charge is 2.25. The lowest BCUT2D eigenvalue weighted by Gasteiger charge is -2.23. The number of ether oxygens (including phenoxy) is 2. The van der Waals surface area contributed by atoms with Crippen LogP contribution in [0.4, 0.5) is 5.13 Å². The van der Waals surface area contributed by atoms with Crippen molar-refractivity contribution >= 4 is 32.6 Å². The summed E-state index contributed by atoms with van der Waals surface area (Å²) in [5.41, 5.74) is 2.52. The highest BCUT2D eigenvalue weighted by atomic mass is 32.1. The number of nitrogens with zero attached hydrogens (tertiary/aromatic N) is 2. The van der Waals surface area contributed by atoms with Crippen molar-refractivity contribution in [2.45, 2.75) is 20.8 Å². The Morgan fingerprint density at radius 2 is 1.83 bits per heavy atom. The molecule has 2 aromatic carbocycles. The number of nitrogens with one attached hydrogen (secondary N) is 1. The Labute approximate surface area is 181 Å². The van der Waals surface area contributed by atoms with Crippen molar-refractivity contribution in [3.63, 3.8) is 0 Å². The third kappa shape index (κ3) is 4.13. The molecule has 7 heteroatoms. The standard InChI is InChI=1S/C23H27N3O3S/c1-4-25(5-2)10-11-26(22(27)17-9-7-6-8-16(17)3)23-24-18-14-19-20(15-21(18)30-23)29-13-12-28-19/h6-9,14-15H,4-5,10-13H2,1-3H3/p+1. The van der Waals surface area contributed by atoms with Crippen molar-refractivity contribution in [3.8, 4) is 11.5 Å².